The molecule has 0 aliphatic heterocycles. The lowest BCUT2D eigenvalue weighted by Crippen LogP contribution is -1.48. The van der Waals surface area contributed by atoms with Crippen molar-refractivity contribution < 1.29 is 10.4 Å². The highest BCUT2D eigenvalue weighted by atomic mass is 16.5. The van der Waals surface area contributed by atoms with Gasteiger partial charge >= 0.3 is 0 Å². The van der Waals surface area contributed by atoms with Crippen LogP contribution in [0.1, 0.15) is 0 Å². The molecule has 0 aromatic rings. The molecule has 0 aromatic heterocycles. The Morgan fingerprint density at radius 1 is 1.20 bits per heavy atom. The van der Waals surface area contributed by atoms with Gasteiger partial charge in [-0.05, 0) is 10.3 Å². The summed E-state index contributed by atoms with van der Waals surface area (Å²) in [6.07, 6.45) is 0. The summed E-state index contributed by atoms with van der Waals surface area (Å²) in [6.45, 7) is 0. The Morgan fingerprint density at radius 3 is 1.60 bits per heavy atom. The minimum Gasteiger partial charge on any atom is -0.402 e. The van der Waals surface area contributed by atoms with Crippen LogP contribution in [0.4, 0.5) is 0 Å². The van der Waals surface area contributed by atoms with Crippen LogP contribution in [0, 0.1) is 0 Å². The van der Waals surface area contributed by atoms with E-state index < -0.39 is 0 Å². The normalized spacial score (nSPS) is 4.80. The maximum Gasteiger partial charge on any atom is 0.179 e. The van der Waals surface area contributed by atoms with E-state index in [0.29, 0.717) is 0 Å². The molecule has 0 unspecified atom stereocenters. The molecule has 0 amide bonds. The molecule has 0 aromatic carbocycles. The Hall–Kier alpha value is -1.02. The average Bonchev–Trinajstić information content (AvgIpc) is 1.41. The summed E-state index contributed by atoms with van der Waals surface area (Å²) in [6, 6.07) is 1.47. The first-order valence-corrected chi connectivity index (χ1v) is 0.847. The summed E-state index contributed by atoms with van der Waals surface area (Å²) >= 11 is 0. The van der Waals surface area contributed by atoms with Crippen LogP contribution >= 0.6 is 0 Å². The third kappa shape index (κ3) is 2.98. The van der Waals surface area contributed by atoms with Crippen LogP contribution in [0.25, 0.3) is 0 Å². The SMILES string of the molecule is ON=C=NO. The predicted octanol–water partition coefficient (Wildman–Crippen LogP) is -0.0613. The number of nitrogens with zero attached hydrogens (tertiary/aromatic N) is 2. The number of hydrogen-bond acceptors (Lipinski definition) is 4. The molecule has 5 heavy (non-hydrogen) atoms. The average molecular weight is 74.0 g/mol. The molecule has 4 heteroatoms. The van der Waals surface area contributed by atoms with E-state index in [1.165, 1.54) is 6.01 Å². The molecule has 0 aliphatic rings. The monoisotopic (exact) mass is 74.0 g/mol. The van der Waals surface area contributed by atoms with Gasteiger partial charge in [0.2, 0.25) is 0 Å². The Balaban J connectivity index is 3.26. The zero-order valence-corrected chi connectivity index (χ0v) is 2.29. The molecule has 0 rings (SSSR count). The maximum atomic E-state index is 7.33. The van der Waals surface area contributed by atoms with Crippen LogP contribution in [0.5, 0.6) is 0 Å². The molecule has 0 aliphatic carbocycles. The van der Waals surface area contributed by atoms with Crippen LogP contribution in [0.3, 0.4) is 0 Å². The van der Waals surface area contributed by atoms with Crippen molar-refractivity contribution >= 4 is 6.01 Å². The van der Waals surface area contributed by atoms with Gasteiger partial charge in [0.25, 0.3) is 0 Å². The second-order valence-electron chi connectivity index (χ2n) is 0.300. The molecular weight excluding hydrogens is 72.0 g/mol. The molecule has 0 fully saturated rings. The summed E-state index contributed by atoms with van der Waals surface area (Å²) in [5.41, 5.74) is 0. The largest absolute Gasteiger partial charge is 0.402 e. The van der Waals surface area contributed by atoms with Crippen LogP contribution in [-0.4, -0.2) is 16.4 Å². The molecule has 0 saturated carbocycles. The molecule has 0 spiro atoms. The fourth-order valence-electron chi connectivity index (χ4n) is 0.0200. The fourth-order valence-corrected chi connectivity index (χ4v) is 0.0200. The van der Waals surface area contributed by atoms with E-state index in [1.54, 1.807) is 0 Å². The van der Waals surface area contributed by atoms with E-state index >= 15 is 0 Å². The van der Waals surface area contributed by atoms with Gasteiger partial charge in [0.1, 0.15) is 0 Å². The Kier molecular flexibility index (Phi) is 2.37. The zero-order chi connectivity index (χ0) is 4.12. The van der Waals surface area contributed by atoms with Crippen molar-refractivity contribution in [3.05, 3.63) is 0 Å². The quantitative estimate of drug-likeness (QED) is 0.240. The van der Waals surface area contributed by atoms with Gasteiger partial charge in [-0.3, -0.25) is 0 Å². The van der Waals surface area contributed by atoms with Gasteiger partial charge in [0.05, 0.1) is 0 Å². The maximum absolute atomic E-state index is 7.33. The topological polar surface area (TPSA) is 65.2 Å². The van der Waals surface area contributed by atoms with Crippen molar-refractivity contribution in [3.8, 4) is 0 Å². The summed E-state index contributed by atoms with van der Waals surface area (Å²) in [7, 11) is 0. The van der Waals surface area contributed by atoms with Gasteiger partial charge in [-0.15, -0.1) is 0 Å². The van der Waals surface area contributed by atoms with E-state index in [9.17, 15) is 0 Å². The van der Waals surface area contributed by atoms with Crippen molar-refractivity contribution in [1.82, 2.24) is 0 Å². The highest BCUT2D eigenvalue weighted by Crippen LogP contribution is 1.39. The van der Waals surface area contributed by atoms with E-state index in [4.69, 9.17) is 10.4 Å². The van der Waals surface area contributed by atoms with Crippen molar-refractivity contribution in [1.29, 1.82) is 0 Å². The molecule has 0 radical (unpaired) electrons. The van der Waals surface area contributed by atoms with Crippen molar-refractivity contribution in [2.75, 3.05) is 0 Å². The molecule has 0 heterocycles. The van der Waals surface area contributed by atoms with Gasteiger partial charge in [-0.1, -0.05) is 0 Å². The van der Waals surface area contributed by atoms with Crippen molar-refractivity contribution in [2.24, 2.45) is 10.3 Å². The van der Waals surface area contributed by atoms with E-state index in [0.717, 1.165) is 0 Å². The Morgan fingerprint density at radius 2 is 1.60 bits per heavy atom. The van der Waals surface area contributed by atoms with Crippen LogP contribution < -0.4 is 0 Å². The zero-order valence-electron chi connectivity index (χ0n) is 2.29. The number of hydrogen-bond donors (Lipinski definition) is 2. The van der Waals surface area contributed by atoms with E-state index in [-0.39, 0.29) is 0 Å². The Labute approximate surface area is 28.0 Å². The summed E-state index contributed by atoms with van der Waals surface area (Å²) in [4.78, 5) is 0. The summed E-state index contributed by atoms with van der Waals surface area (Å²) in [5, 5.41) is 19.0. The molecule has 4 nitrogen and oxygen atoms in total. The Bertz CT molecular complexity index is 56.0. The van der Waals surface area contributed by atoms with Crippen LogP contribution in [0.15, 0.2) is 10.3 Å². The van der Waals surface area contributed by atoms with Gasteiger partial charge in [0.15, 0.2) is 6.01 Å². The molecule has 2 N–H and O–H groups in total. The second-order valence-corrected chi connectivity index (χ2v) is 0.300. The summed E-state index contributed by atoms with van der Waals surface area (Å²) < 4.78 is 0. The first-order valence-electron chi connectivity index (χ1n) is 0.847. The van der Waals surface area contributed by atoms with E-state index in [1.807, 2.05) is 0 Å². The molecule has 0 atom stereocenters. The molecular formula is CH2N2O2. The van der Waals surface area contributed by atoms with Gasteiger partial charge in [0, 0.05) is 0 Å². The highest BCUT2D eigenvalue weighted by molar-refractivity contribution is 5.37. The standard InChI is InChI=1S/CH2N2O2/c4-2-1-3-5/h4-5H. The van der Waals surface area contributed by atoms with E-state index in [2.05, 4.69) is 10.3 Å². The first kappa shape index (κ1) is 3.98. The molecule has 0 bridgehead atoms. The van der Waals surface area contributed by atoms with Gasteiger partial charge in [-0.25, -0.2) is 0 Å². The van der Waals surface area contributed by atoms with Crippen LogP contribution in [-0.2, 0) is 0 Å². The van der Waals surface area contributed by atoms with Gasteiger partial charge in [-0.2, -0.15) is 0 Å². The predicted molar refractivity (Wildman–Crippen MR) is 13.4 cm³/mol. The molecule has 0 saturated heterocycles. The lowest BCUT2D eigenvalue weighted by molar-refractivity contribution is 0.302. The van der Waals surface area contributed by atoms with Crippen LogP contribution in [0.2, 0.25) is 0 Å². The minimum absolute atomic E-state index is 1.47. The lowest BCUT2D eigenvalue weighted by Gasteiger charge is -1.51. The first-order chi connectivity index (χ1) is 2.41. The second kappa shape index (κ2) is 2.98. The van der Waals surface area contributed by atoms with Gasteiger partial charge < -0.3 is 10.4 Å². The summed E-state index contributed by atoms with van der Waals surface area (Å²) in [5.74, 6) is 0. The third-order valence-electron chi connectivity index (χ3n) is 0.0894. The smallest absolute Gasteiger partial charge is 0.179 e. The van der Waals surface area contributed by atoms with Crippen molar-refractivity contribution in [3.63, 3.8) is 0 Å². The fraction of sp³-hybridized carbons (Fsp3) is 0. The minimum atomic E-state index is 1.47. The number of rotatable bonds is 0. The third-order valence-corrected chi connectivity index (χ3v) is 0.0894. The van der Waals surface area contributed by atoms with Crippen molar-refractivity contribution in [2.45, 2.75) is 0 Å². The lowest BCUT2D eigenvalue weighted by atomic mass is 11.6. The highest BCUT2D eigenvalue weighted by Gasteiger charge is 1.38. The molecule has 28 valence electrons.